The van der Waals surface area contributed by atoms with E-state index in [0.29, 0.717) is 6.61 Å². The fourth-order valence-corrected chi connectivity index (χ4v) is 2.29. The zero-order valence-electron chi connectivity index (χ0n) is 12.7. The molecular formula is C18H23NO. The molecule has 2 heteroatoms. The van der Waals surface area contributed by atoms with Gasteiger partial charge in [-0.1, -0.05) is 36.4 Å². The predicted octanol–water partition coefficient (Wildman–Crippen LogP) is 4.62. The van der Waals surface area contributed by atoms with Gasteiger partial charge >= 0.3 is 0 Å². The smallest absolute Gasteiger partial charge is 0.0733 e. The number of anilines is 1. The third kappa shape index (κ3) is 3.40. The van der Waals surface area contributed by atoms with Gasteiger partial charge in [-0.25, -0.2) is 0 Å². The molecule has 1 N–H and O–H groups in total. The summed E-state index contributed by atoms with van der Waals surface area (Å²) < 4.78 is 5.25. The van der Waals surface area contributed by atoms with Crippen LogP contribution in [0, 0.1) is 13.8 Å². The van der Waals surface area contributed by atoms with Crippen molar-refractivity contribution in [1.29, 1.82) is 0 Å². The van der Waals surface area contributed by atoms with Crippen LogP contribution in [0.2, 0.25) is 0 Å². The van der Waals surface area contributed by atoms with Gasteiger partial charge in [-0.2, -0.15) is 0 Å². The number of hydrogen-bond acceptors (Lipinski definition) is 2. The summed E-state index contributed by atoms with van der Waals surface area (Å²) in [6.07, 6.45) is 0. The molecule has 20 heavy (non-hydrogen) atoms. The highest BCUT2D eigenvalue weighted by atomic mass is 16.5. The lowest BCUT2D eigenvalue weighted by Gasteiger charge is -2.19. The molecule has 0 spiro atoms. The van der Waals surface area contributed by atoms with Crippen LogP contribution in [0.3, 0.4) is 0 Å². The second kappa shape index (κ2) is 6.58. The van der Waals surface area contributed by atoms with E-state index in [4.69, 9.17) is 4.74 Å². The fraction of sp³-hybridized carbons (Fsp3) is 0.333. The van der Waals surface area contributed by atoms with Crippen LogP contribution >= 0.6 is 0 Å². The van der Waals surface area contributed by atoms with Crippen LogP contribution < -0.4 is 5.32 Å². The maximum absolute atomic E-state index is 5.25. The molecule has 2 nitrogen and oxygen atoms in total. The van der Waals surface area contributed by atoms with Crippen LogP contribution in [0.1, 0.15) is 35.2 Å². The Balaban J connectivity index is 2.18. The first-order chi connectivity index (χ1) is 9.61. The van der Waals surface area contributed by atoms with E-state index in [1.54, 1.807) is 7.11 Å². The van der Waals surface area contributed by atoms with E-state index in [0.717, 1.165) is 5.69 Å². The zero-order valence-corrected chi connectivity index (χ0v) is 12.7. The van der Waals surface area contributed by atoms with Crippen LogP contribution in [0.5, 0.6) is 0 Å². The van der Waals surface area contributed by atoms with Crippen molar-refractivity contribution in [2.24, 2.45) is 0 Å². The zero-order chi connectivity index (χ0) is 14.5. The van der Waals surface area contributed by atoms with Crippen LogP contribution in [0.25, 0.3) is 0 Å². The summed E-state index contributed by atoms with van der Waals surface area (Å²) in [5.74, 6) is 0. The van der Waals surface area contributed by atoms with Crippen LogP contribution in [-0.2, 0) is 11.3 Å². The van der Waals surface area contributed by atoms with Gasteiger partial charge in [0.15, 0.2) is 0 Å². The first kappa shape index (κ1) is 14.6. The van der Waals surface area contributed by atoms with E-state index in [-0.39, 0.29) is 6.04 Å². The Morgan fingerprint density at radius 2 is 1.80 bits per heavy atom. The van der Waals surface area contributed by atoms with Gasteiger partial charge < -0.3 is 10.1 Å². The van der Waals surface area contributed by atoms with Crippen molar-refractivity contribution < 1.29 is 4.74 Å². The third-order valence-corrected chi connectivity index (χ3v) is 3.72. The molecule has 2 aromatic carbocycles. The molecule has 0 saturated carbocycles. The van der Waals surface area contributed by atoms with E-state index in [1.165, 1.54) is 22.3 Å². The molecule has 0 aliphatic rings. The molecule has 0 fully saturated rings. The van der Waals surface area contributed by atoms with E-state index in [2.05, 4.69) is 62.5 Å². The fourth-order valence-electron chi connectivity index (χ4n) is 2.29. The highest BCUT2D eigenvalue weighted by molar-refractivity contribution is 5.52. The second-order valence-electron chi connectivity index (χ2n) is 5.30. The van der Waals surface area contributed by atoms with Crippen molar-refractivity contribution in [3.63, 3.8) is 0 Å². The number of aryl methyl sites for hydroxylation is 2. The standard InChI is InChI=1S/C18H23NO/c1-13-9-10-16(11-14(13)2)15(3)19-18-8-6-5-7-17(18)12-20-4/h5-11,15,19H,12H2,1-4H3. The summed E-state index contributed by atoms with van der Waals surface area (Å²) in [5.41, 5.74) is 6.30. The molecule has 0 aliphatic heterocycles. The van der Waals surface area contributed by atoms with Gasteiger partial charge in [-0.15, -0.1) is 0 Å². The third-order valence-electron chi connectivity index (χ3n) is 3.72. The van der Waals surface area contributed by atoms with Gasteiger partial charge in [-0.3, -0.25) is 0 Å². The number of nitrogens with one attached hydrogen (secondary N) is 1. The van der Waals surface area contributed by atoms with Gasteiger partial charge in [0.2, 0.25) is 0 Å². The van der Waals surface area contributed by atoms with E-state index in [1.807, 2.05) is 6.07 Å². The molecular weight excluding hydrogens is 246 g/mol. The summed E-state index contributed by atoms with van der Waals surface area (Å²) in [6, 6.07) is 15.2. The number of ether oxygens (including phenoxy) is 1. The van der Waals surface area contributed by atoms with Crippen molar-refractivity contribution in [2.45, 2.75) is 33.4 Å². The Kier molecular flexibility index (Phi) is 4.80. The average molecular weight is 269 g/mol. The number of para-hydroxylation sites is 1. The number of rotatable bonds is 5. The molecule has 0 aliphatic carbocycles. The Bertz CT molecular complexity index is 577. The van der Waals surface area contributed by atoms with Crippen LogP contribution in [0.15, 0.2) is 42.5 Å². The molecule has 0 saturated heterocycles. The molecule has 2 rings (SSSR count). The van der Waals surface area contributed by atoms with Gasteiger partial charge in [-0.05, 0) is 43.5 Å². The summed E-state index contributed by atoms with van der Waals surface area (Å²) in [4.78, 5) is 0. The molecule has 2 aromatic rings. The molecule has 0 radical (unpaired) electrons. The lowest BCUT2D eigenvalue weighted by Crippen LogP contribution is -2.09. The quantitative estimate of drug-likeness (QED) is 0.855. The van der Waals surface area contributed by atoms with Gasteiger partial charge in [0.1, 0.15) is 0 Å². The topological polar surface area (TPSA) is 21.3 Å². The summed E-state index contributed by atoms with van der Waals surface area (Å²) >= 11 is 0. The molecule has 0 aromatic heterocycles. The monoisotopic (exact) mass is 269 g/mol. The number of benzene rings is 2. The van der Waals surface area contributed by atoms with Crippen molar-refractivity contribution in [1.82, 2.24) is 0 Å². The largest absolute Gasteiger partial charge is 0.380 e. The Labute approximate surface area is 121 Å². The van der Waals surface area contributed by atoms with Crippen LogP contribution in [0.4, 0.5) is 5.69 Å². The molecule has 0 heterocycles. The first-order valence-electron chi connectivity index (χ1n) is 7.02. The molecule has 0 bridgehead atoms. The summed E-state index contributed by atoms with van der Waals surface area (Å²) in [7, 11) is 1.73. The van der Waals surface area contributed by atoms with Crippen molar-refractivity contribution in [2.75, 3.05) is 12.4 Å². The minimum Gasteiger partial charge on any atom is -0.380 e. The summed E-state index contributed by atoms with van der Waals surface area (Å²) in [5, 5.41) is 3.58. The normalized spacial score (nSPS) is 12.2. The van der Waals surface area contributed by atoms with Gasteiger partial charge in [0.05, 0.1) is 6.61 Å². The number of methoxy groups -OCH3 is 1. The molecule has 106 valence electrons. The molecule has 1 unspecified atom stereocenters. The predicted molar refractivity (Wildman–Crippen MR) is 85.1 cm³/mol. The Morgan fingerprint density at radius 1 is 1.05 bits per heavy atom. The SMILES string of the molecule is COCc1ccccc1NC(C)c1ccc(C)c(C)c1. The maximum Gasteiger partial charge on any atom is 0.0733 e. The Hall–Kier alpha value is -1.80. The lowest BCUT2D eigenvalue weighted by atomic mass is 10.0. The average Bonchev–Trinajstić information content (AvgIpc) is 2.44. The first-order valence-corrected chi connectivity index (χ1v) is 7.02. The number of hydrogen-bond donors (Lipinski definition) is 1. The van der Waals surface area contributed by atoms with Crippen molar-refractivity contribution in [3.05, 3.63) is 64.7 Å². The van der Waals surface area contributed by atoms with Gasteiger partial charge in [0, 0.05) is 24.4 Å². The van der Waals surface area contributed by atoms with E-state index in [9.17, 15) is 0 Å². The van der Waals surface area contributed by atoms with Crippen molar-refractivity contribution >= 4 is 5.69 Å². The van der Waals surface area contributed by atoms with Crippen LogP contribution in [-0.4, -0.2) is 7.11 Å². The highest BCUT2D eigenvalue weighted by Gasteiger charge is 2.08. The maximum atomic E-state index is 5.25. The van der Waals surface area contributed by atoms with Crippen molar-refractivity contribution in [3.8, 4) is 0 Å². The molecule has 1 atom stereocenters. The van der Waals surface area contributed by atoms with E-state index >= 15 is 0 Å². The summed E-state index contributed by atoms with van der Waals surface area (Å²) in [6.45, 7) is 7.12. The molecule has 0 amide bonds. The highest BCUT2D eigenvalue weighted by Crippen LogP contribution is 2.24. The van der Waals surface area contributed by atoms with E-state index < -0.39 is 0 Å². The second-order valence-corrected chi connectivity index (χ2v) is 5.30. The minimum absolute atomic E-state index is 0.271. The Morgan fingerprint density at radius 3 is 2.50 bits per heavy atom. The lowest BCUT2D eigenvalue weighted by molar-refractivity contribution is 0.185. The van der Waals surface area contributed by atoms with Gasteiger partial charge in [0.25, 0.3) is 0 Å². The minimum atomic E-state index is 0.271.